The Morgan fingerprint density at radius 3 is 3.10 bits per heavy atom. The molecule has 0 fully saturated rings. The molecule has 2 nitrogen and oxygen atoms in total. The molecule has 0 radical (unpaired) electrons. The molecule has 0 aliphatic carbocycles. The van der Waals surface area contributed by atoms with E-state index in [1.165, 1.54) is 21.8 Å². The Bertz CT molecular complexity index is 353. The van der Waals surface area contributed by atoms with E-state index in [2.05, 4.69) is 22.6 Å². The van der Waals surface area contributed by atoms with Gasteiger partial charge in [0, 0.05) is 0 Å². The lowest BCUT2D eigenvalue weighted by Crippen LogP contribution is -1.70. The van der Waals surface area contributed by atoms with Crippen molar-refractivity contribution < 1.29 is 0 Å². The highest BCUT2D eigenvalue weighted by molar-refractivity contribution is 7.13. The van der Waals surface area contributed by atoms with E-state index in [9.17, 15) is 0 Å². The molecular formula is C7H6N2S. The maximum absolute atomic E-state index is 3.95. The quantitative estimate of drug-likeness (QED) is 0.574. The van der Waals surface area contributed by atoms with E-state index in [4.69, 9.17) is 0 Å². The predicted molar refractivity (Wildman–Crippen MR) is 42.2 cm³/mol. The van der Waals surface area contributed by atoms with Gasteiger partial charge < -0.3 is 0 Å². The summed E-state index contributed by atoms with van der Waals surface area (Å²) in [6, 6.07) is 6.05. The average Bonchev–Trinajstić information content (AvgIpc) is 2.36. The zero-order chi connectivity index (χ0) is 6.97. The Kier molecular flexibility index (Phi) is 1.17. The summed E-state index contributed by atoms with van der Waals surface area (Å²) >= 11 is 1.45. The van der Waals surface area contributed by atoms with E-state index < -0.39 is 0 Å². The molecular weight excluding hydrogens is 144 g/mol. The molecule has 0 atom stereocenters. The Morgan fingerprint density at radius 1 is 1.40 bits per heavy atom. The number of aromatic nitrogens is 2. The van der Waals surface area contributed by atoms with Crippen LogP contribution in [0.5, 0.6) is 0 Å². The fourth-order valence-corrected chi connectivity index (χ4v) is 1.56. The largest absolute Gasteiger partial charge is 0.138 e. The summed E-state index contributed by atoms with van der Waals surface area (Å²) in [5, 5.41) is 3.95. The molecule has 1 heterocycles. The Hall–Kier alpha value is -0.960. The standard InChI is InChI=1S/C7H6N2S/c1-5-3-2-4-6-7(5)10-9-8-6/h2-4H,1H3. The van der Waals surface area contributed by atoms with E-state index in [1.807, 2.05) is 12.1 Å². The zero-order valence-electron chi connectivity index (χ0n) is 5.53. The lowest BCUT2D eigenvalue weighted by atomic mass is 10.2. The lowest BCUT2D eigenvalue weighted by molar-refractivity contribution is 1.20. The summed E-state index contributed by atoms with van der Waals surface area (Å²) in [5.74, 6) is 0. The van der Waals surface area contributed by atoms with Crippen molar-refractivity contribution in [1.82, 2.24) is 9.59 Å². The van der Waals surface area contributed by atoms with Crippen LogP contribution in [0.3, 0.4) is 0 Å². The van der Waals surface area contributed by atoms with Crippen LogP contribution in [0.25, 0.3) is 10.2 Å². The molecule has 0 saturated carbocycles. The van der Waals surface area contributed by atoms with Crippen LogP contribution in [0.1, 0.15) is 5.56 Å². The number of fused-ring (bicyclic) bond motifs is 1. The summed E-state index contributed by atoms with van der Waals surface area (Å²) in [5.41, 5.74) is 2.26. The molecule has 0 unspecified atom stereocenters. The van der Waals surface area contributed by atoms with Gasteiger partial charge in [-0.05, 0) is 30.1 Å². The van der Waals surface area contributed by atoms with Crippen LogP contribution in [0.2, 0.25) is 0 Å². The van der Waals surface area contributed by atoms with Crippen molar-refractivity contribution in [2.75, 3.05) is 0 Å². The van der Waals surface area contributed by atoms with Crippen LogP contribution in [0.4, 0.5) is 0 Å². The van der Waals surface area contributed by atoms with Crippen molar-refractivity contribution in [2.45, 2.75) is 6.92 Å². The van der Waals surface area contributed by atoms with E-state index >= 15 is 0 Å². The van der Waals surface area contributed by atoms with Gasteiger partial charge in [-0.3, -0.25) is 0 Å². The fourth-order valence-electron chi connectivity index (χ4n) is 0.940. The Labute approximate surface area is 62.7 Å². The van der Waals surface area contributed by atoms with Gasteiger partial charge in [-0.1, -0.05) is 16.6 Å². The average molecular weight is 150 g/mol. The van der Waals surface area contributed by atoms with Crippen molar-refractivity contribution >= 4 is 21.7 Å². The third-order valence-corrected chi connectivity index (χ3v) is 2.35. The molecule has 0 saturated heterocycles. The van der Waals surface area contributed by atoms with Gasteiger partial charge in [0.2, 0.25) is 0 Å². The first-order valence-electron chi connectivity index (χ1n) is 3.05. The van der Waals surface area contributed by atoms with Gasteiger partial charge in [0.05, 0.1) is 4.70 Å². The molecule has 2 aromatic rings. The summed E-state index contributed by atoms with van der Waals surface area (Å²) in [6.45, 7) is 2.07. The van der Waals surface area contributed by atoms with Crippen LogP contribution in [-0.2, 0) is 0 Å². The highest BCUT2D eigenvalue weighted by Crippen LogP contribution is 2.18. The SMILES string of the molecule is Cc1cccc2nnsc12. The third-order valence-electron chi connectivity index (χ3n) is 1.47. The second kappa shape index (κ2) is 2.02. The van der Waals surface area contributed by atoms with Crippen molar-refractivity contribution in [2.24, 2.45) is 0 Å². The van der Waals surface area contributed by atoms with Gasteiger partial charge in [-0.25, -0.2) is 0 Å². The Morgan fingerprint density at radius 2 is 2.30 bits per heavy atom. The molecule has 0 N–H and O–H groups in total. The van der Waals surface area contributed by atoms with Gasteiger partial charge >= 0.3 is 0 Å². The molecule has 2 rings (SSSR count). The zero-order valence-corrected chi connectivity index (χ0v) is 6.35. The molecule has 0 bridgehead atoms. The molecule has 0 aliphatic rings. The molecule has 0 amide bonds. The number of aryl methyl sites for hydroxylation is 1. The van der Waals surface area contributed by atoms with E-state index in [1.54, 1.807) is 0 Å². The minimum absolute atomic E-state index is 1.00. The number of hydrogen-bond acceptors (Lipinski definition) is 3. The monoisotopic (exact) mass is 150 g/mol. The van der Waals surface area contributed by atoms with Crippen LogP contribution in [0.15, 0.2) is 18.2 Å². The van der Waals surface area contributed by atoms with Crippen molar-refractivity contribution in [3.05, 3.63) is 23.8 Å². The van der Waals surface area contributed by atoms with Crippen LogP contribution in [-0.4, -0.2) is 9.59 Å². The summed E-state index contributed by atoms with van der Waals surface area (Å²) < 4.78 is 5.05. The second-order valence-electron chi connectivity index (χ2n) is 2.20. The van der Waals surface area contributed by atoms with Crippen molar-refractivity contribution in [3.8, 4) is 0 Å². The predicted octanol–water partition coefficient (Wildman–Crippen LogP) is 2.00. The Balaban J connectivity index is 2.95. The first-order valence-corrected chi connectivity index (χ1v) is 3.83. The number of rotatable bonds is 0. The molecule has 3 heteroatoms. The summed E-state index contributed by atoms with van der Waals surface area (Å²) in [6.07, 6.45) is 0. The number of benzene rings is 1. The summed E-state index contributed by atoms with van der Waals surface area (Å²) in [7, 11) is 0. The summed E-state index contributed by atoms with van der Waals surface area (Å²) in [4.78, 5) is 0. The maximum atomic E-state index is 3.95. The van der Waals surface area contributed by atoms with Crippen molar-refractivity contribution in [3.63, 3.8) is 0 Å². The molecule has 1 aromatic heterocycles. The fraction of sp³-hybridized carbons (Fsp3) is 0.143. The smallest absolute Gasteiger partial charge is 0.106 e. The maximum Gasteiger partial charge on any atom is 0.106 e. The number of nitrogens with zero attached hydrogens (tertiary/aromatic N) is 2. The first kappa shape index (κ1) is 5.80. The van der Waals surface area contributed by atoms with Crippen molar-refractivity contribution in [1.29, 1.82) is 0 Å². The molecule has 0 aliphatic heterocycles. The van der Waals surface area contributed by atoms with Gasteiger partial charge in [-0.15, -0.1) is 5.10 Å². The minimum atomic E-state index is 1.00. The van der Waals surface area contributed by atoms with E-state index in [-0.39, 0.29) is 0 Å². The molecule has 50 valence electrons. The highest BCUT2D eigenvalue weighted by atomic mass is 32.1. The number of hydrogen-bond donors (Lipinski definition) is 0. The first-order chi connectivity index (χ1) is 4.88. The van der Waals surface area contributed by atoms with Crippen LogP contribution < -0.4 is 0 Å². The van der Waals surface area contributed by atoms with E-state index in [0.29, 0.717) is 0 Å². The lowest BCUT2D eigenvalue weighted by Gasteiger charge is -1.88. The van der Waals surface area contributed by atoms with Gasteiger partial charge in [-0.2, -0.15) is 0 Å². The topological polar surface area (TPSA) is 25.8 Å². The van der Waals surface area contributed by atoms with Gasteiger partial charge in [0.1, 0.15) is 5.52 Å². The highest BCUT2D eigenvalue weighted by Gasteiger charge is 1.97. The third kappa shape index (κ3) is 0.708. The van der Waals surface area contributed by atoms with Gasteiger partial charge in [0.15, 0.2) is 0 Å². The second-order valence-corrected chi connectivity index (χ2v) is 2.95. The normalized spacial score (nSPS) is 10.5. The molecule has 10 heavy (non-hydrogen) atoms. The van der Waals surface area contributed by atoms with Crippen LogP contribution in [0, 0.1) is 6.92 Å². The minimum Gasteiger partial charge on any atom is -0.138 e. The molecule has 0 spiro atoms. The molecule has 1 aromatic carbocycles. The van der Waals surface area contributed by atoms with E-state index in [0.717, 1.165) is 5.52 Å². The van der Waals surface area contributed by atoms with Gasteiger partial charge in [0.25, 0.3) is 0 Å². The van der Waals surface area contributed by atoms with Crippen LogP contribution >= 0.6 is 11.5 Å².